The first kappa shape index (κ1) is 21.6. The van der Waals surface area contributed by atoms with Crippen LogP contribution in [0.15, 0.2) is 35.2 Å². The molecule has 4 rings (SSSR count). The summed E-state index contributed by atoms with van der Waals surface area (Å²) in [6.07, 6.45) is 3.35. The zero-order valence-electron chi connectivity index (χ0n) is 18.0. The van der Waals surface area contributed by atoms with Crippen molar-refractivity contribution in [1.29, 1.82) is 0 Å². The van der Waals surface area contributed by atoms with Crippen molar-refractivity contribution in [2.45, 2.75) is 43.0 Å². The number of esters is 1. The summed E-state index contributed by atoms with van der Waals surface area (Å²) >= 11 is 0. The first-order chi connectivity index (χ1) is 14.9. The first-order valence-corrected chi connectivity index (χ1v) is 11.8. The van der Waals surface area contributed by atoms with E-state index in [-0.39, 0.29) is 17.9 Å². The maximum absolute atomic E-state index is 13.7. The molecular formula is C23H27NO6S. The largest absolute Gasteiger partial charge is 0.493 e. The Morgan fingerprint density at radius 3 is 2.39 bits per heavy atom. The molecule has 2 aliphatic rings. The Labute approximate surface area is 183 Å². The van der Waals surface area contributed by atoms with Crippen LogP contribution >= 0.6 is 0 Å². The molecule has 1 atom stereocenters. The van der Waals surface area contributed by atoms with Crippen molar-refractivity contribution in [2.75, 3.05) is 27.9 Å². The minimum Gasteiger partial charge on any atom is -0.493 e. The van der Waals surface area contributed by atoms with E-state index in [1.807, 2.05) is 12.1 Å². The Morgan fingerprint density at radius 2 is 1.68 bits per heavy atom. The summed E-state index contributed by atoms with van der Waals surface area (Å²) in [4.78, 5) is 12.5. The van der Waals surface area contributed by atoms with E-state index < -0.39 is 22.0 Å². The molecular weight excluding hydrogens is 418 g/mol. The SMILES string of the molecule is COC(=O)CC1c2cc(OC)c(OC)cc2CCN1S(=O)(=O)c1ccc2c(c1)CCC2. The number of sulfonamides is 1. The van der Waals surface area contributed by atoms with E-state index in [9.17, 15) is 13.2 Å². The zero-order valence-corrected chi connectivity index (χ0v) is 18.8. The topological polar surface area (TPSA) is 82.1 Å². The Morgan fingerprint density at radius 1 is 0.968 bits per heavy atom. The number of nitrogens with zero attached hydrogens (tertiary/aromatic N) is 1. The van der Waals surface area contributed by atoms with Gasteiger partial charge in [0.1, 0.15) is 0 Å². The highest BCUT2D eigenvalue weighted by Gasteiger charge is 2.39. The van der Waals surface area contributed by atoms with Gasteiger partial charge in [0.2, 0.25) is 10.0 Å². The Bertz CT molecular complexity index is 1110. The normalized spacial score (nSPS) is 18.2. The number of fused-ring (bicyclic) bond motifs is 2. The van der Waals surface area contributed by atoms with Gasteiger partial charge in [-0.05, 0) is 72.2 Å². The summed E-state index contributed by atoms with van der Waals surface area (Å²) in [7, 11) is 0.583. The third-order valence-corrected chi connectivity index (χ3v) is 8.12. The van der Waals surface area contributed by atoms with Crippen LogP contribution in [0.3, 0.4) is 0 Å². The number of hydrogen-bond donors (Lipinski definition) is 0. The number of carbonyl (C=O) groups is 1. The zero-order chi connectivity index (χ0) is 22.2. The number of methoxy groups -OCH3 is 3. The van der Waals surface area contributed by atoms with Gasteiger partial charge in [0.15, 0.2) is 11.5 Å². The number of benzene rings is 2. The van der Waals surface area contributed by atoms with Crippen LogP contribution in [0.2, 0.25) is 0 Å². The lowest BCUT2D eigenvalue weighted by molar-refractivity contribution is -0.141. The average Bonchev–Trinajstić information content (AvgIpc) is 3.26. The van der Waals surface area contributed by atoms with Crippen LogP contribution in [-0.2, 0) is 38.8 Å². The molecule has 0 fully saturated rings. The summed E-state index contributed by atoms with van der Waals surface area (Å²) < 4.78 is 44.5. The van der Waals surface area contributed by atoms with Gasteiger partial charge in [-0.2, -0.15) is 4.31 Å². The molecule has 0 N–H and O–H groups in total. The quantitative estimate of drug-likeness (QED) is 0.636. The van der Waals surface area contributed by atoms with Gasteiger partial charge in [0, 0.05) is 6.54 Å². The Kier molecular flexibility index (Phi) is 5.94. The Hall–Kier alpha value is -2.58. The van der Waals surface area contributed by atoms with Crippen LogP contribution in [0, 0.1) is 0 Å². The van der Waals surface area contributed by atoms with Crippen LogP contribution in [0.1, 0.15) is 41.1 Å². The molecule has 0 spiro atoms. The maximum Gasteiger partial charge on any atom is 0.307 e. The number of hydrogen-bond acceptors (Lipinski definition) is 6. The molecule has 1 aliphatic carbocycles. The molecule has 2 aromatic carbocycles. The summed E-state index contributed by atoms with van der Waals surface area (Å²) in [5, 5.41) is 0. The van der Waals surface area contributed by atoms with Crippen molar-refractivity contribution in [1.82, 2.24) is 4.31 Å². The van der Waals surface area contributed by atoms with Gasteiger partial charge < -0.3 is 14.2 Å². The van der Waals surface area contributed by atoms with Crippen LogP contribution in [0.25, 0.3) is 0 Å². The number of ether oxygens (including phenoxy) is 3. The predicted molar refractivity (Wildman–Crippen MR) is 115 cm³/mol. The highest BCUT2D eigenvalue weighted by molar-refractivity contribution is 7.89. The summed E-state index contributed by atoms with van der Waals surface area (Å²) in [6, 6.07) is 8.32. The van der Waals surface area contributed by atoms with Gasteiger partial charge in [-0.15, -0.1) is 0 Å². The molecule has 1 unspecified atom stereocenters. The van der Waals surface area contributed by atoms with Gasteiger partial charge >= 0.3 is 5.97 Å². The Balaban J connectivity index is 1.79. The lowest BCUT2D eigenvalue weighted by Gasteiger charge is -2.36. The van der Waals surface area contributed by atoms with Crippen LogP contribution in [0.4, 0.5) is 0 Å². The van der Waals surface area contributed by atoms with Crippen molar-refractivity contribution in [2.24, 2.45) is 0 Å². The second-order valence-corrected chi connectivity index (χ2v) is 9.74. The van der Waals surface area contributed by atoms with E-state index in [4.69, 9.17) is 14.2 Å². The average molecular weight is 446 g/mol. The van der Waals surface area contributed by atoms with Gasteiger partial charge in [0.25, 0.3) is 0 Å². The highest BCUT2D eigenvalue weighted by atomic mass is 32.2. The molecule has 166 valence electrons. The van der Waals surface area contributed by atoms with Gasteiger partial charge in [-0.3, -0.25) is 4.79 Å². The summed E-state index contributed by atoms with van der Waals surface area (Å²) in [6.45, 7) is 0.267. The lowest BCUT2D eigenvalue weighted by Crippen LogP contribution is -2.41. The molecule has 0 saturated carbocycles. The molecule has 7 nitrogen and oxygen atoms in total. The highest BCUT2D eigenvalue weighted by Crippen LogP contribution is 2.42. The van der Waals surface area contributed by atoms with Crippen LogP contribution < -0.4 is 9.47 Å². The number of carbonyl (C=O) groups excluding carboxylic acids is 1. The monoisotopic (exact) mass is 445 g/mol. The fourth-order valence-corrected chi connectivity index (χ4v) is 6.25. The molecule has 0 saturated heterocycles. The van der Waals surface area contributed by atoms with E-state index in [1.54, 1.807) is 25.3 Å². The van der Waals surface area contributed by atoms with Gasteiger partial charge in [-0.25, -0.2) is 8.42 Å². The fourth-order valence-electron chi connectivity index (χ4n) is 4.59. The van der Waals surface area contributed by atoms with E-state index in [1.165, 1.54) is 24.1 Å². The van der Waals surface area contributed by atoms with Crippen LogP contribution in [0.5, 0.6) is 11.5 Å². The third-order valence-electron chi connectivity index (χ3n) is 6.22. The molecule has 0 radical (unpaired) electrons. The molecule has 1 aliphatic heterocycles. The first-order valence-electron chi connectivity index (χ1n) is 10.3. The molecule has 8 heteroatoms. The molecule has 1 heterocycles. The maximum atomic E-state index is 13.7. The smallest absolute Gasteiger partial charge is 0.307 e. The lowest BCUT2D eigenvalue weighted by atomic mass is 9.91. The van der Waals surface area contributed by atoms with E-state index in [2.05, 4.69) is 0 Å². The summed E-state index contributed by atoms with van der Waals surface area (Å²) in [5.74, 6) is 0.600. The fraction of sp³-hybridized carbons (Fsp3) is 0.435. The molecule has 0 bridgehead atoms. The van der Waals surface area contributed by atoms with E-state index in [0.717, 1.165) is 36.0 Å². The summed E-state index contributed by atoms with van der Waals surface area (Å²) in [5.41, 5.74) is 3.98. The second-order valence-electron chi connectivity index (χ2n) is 7.85. The molecule has 31 heavy (non-hydrogen) atoms. The van der Waals surface area contributed by atoms with Crippen molar-refractivity contribution in [3.8, 4) is 11.5 Å². The van der Waals surface area contributed by atoms with Crippen molar-refractivity contribution >= 4 is 16.0 Å². The van der Waals surface area contributed by atoms with Crippen LogP contribution in [-0.4, -0.2) is 46.6 Å². The molecule has 0 amide bonds. The minimum absolute atomic E-state index is 0.0802. The number of rotatable bonds is 6. The van der Waals surface area contributed by atoms with Crippen molar-refractivity contribution in [3.05, 3.63) is 52.6 Å². The molecule has 0 aromatic heterocycles. The van der Waals surface area contributed by atoms with Crippen molar-refractivity contribution in [3.63, 3.8) is 0 Å². The minimum atomic E-state index is -3.81. The van der Waals surface area contributed by atoms with E-state index >= 15 is 0 Å². The second kappa shape index (κ2) is 8.51. The standard InChI is InChI=1S/C23H27NO6S/c1-28-21-12-17-9-10-24(20(14-23(25)30-3)19(17)13-22(21)29-2)31(26,27)18-8-7-15-5-4-6-16(15)11-18/h7-8,11-13,20H,4-6,9-10,14H2,1-3H3. The molecule has 2 aromatic rings. The third kappa shape index (κ3) is 3.90. The van der Waals surface area contributed by atoms with E-state index in [0.29, 0.717) is 17.9 Å². The number of aryl methyl sites for hydroxylation is 2. The predicted octanol–water partition coefficient (Wildman–Crippen LogP) is 3.04. The van der Waals surface area contributed by atoms with Gasteiger partial charge in [0.05, 0.1) is 38.7 Å². The van der Waals surface area contributed by atoms with Gasteiger partial charge in [-0.1, -0.05) is 6.07 Å². The van der Waals surface area contributed by atoms with Crippen molar-refractivity contribution < 1.29 is 27.4 Å².